The van der Waals surface area contributed by atoms with Gasteiger partial charge in [0.2, 0.25) is 0 Å². The Hall–Kier alpha value is -2.10. The number of hydrogen-bond donors (Lipinski definition) is 1. The number of nitrogens with zero attached hydrogens (tertiary/aromatic N) is 2. The molecule has 3 rings (SSSR count). The van der Waals surface area contributed by atoms with Crippen LogP contribution in [0, 0.1) is 12.3 Å². The number of aromatic nitrogens is 1. The quantitative estimate of drug-likeness (QED) is 0.823. The van der Waals surface area contributed by atoms with Crippen LogP contribution in [-0.4, -0.2) is 55.9 Å². The zero-order valence-corrected chi connectivity index (χ0v) is 14.4. The molecule has 3 heterocycles. The van der Waals surface area contributed by atoms with Crippen LogP contribution < -0.4 is 10.2 Å². The van der Waals surface area contributed by atoms with Crippen LogP contribution in [0.5, 0.6) is 0 Å². The van der Waals surface area contributed by atoms with Crippen molar-refractivity contribution in [3.05, 3.63) is 23.9 Å². The van der Waals surface area contributed by atoms with Gasteiger partial charge in [0.05, 0.1) is 24.3 Å². The van der Waals surface area contributed by atoms with E-state index in [-0.39, 0.29) is 12.5 Å². The van der Waals surface area contributed by atoms with Crippen molar-refractivity contribution in [3.63, 3.8) is 0 Å². The molecule has 2 saturated heterocycles. The number of ether oxygens (including phenoxy) is 2. The molecule has 2 aliphatic rings. The fraction of sp³-hybridized carbons (Fsp3) is 0.579. The van der Waals surface area contributed by atoms with Crippen LogP contribution in [0.3, 0.4) is 0 Å². The summed E-state index contributed by atoms with van der Waals surface area (Å²) in [5, 5.41) is 2.64. The molecule has 6 nitrogen and oxygen atoms in total. The van der Waals surface area contributed by atoms with E-state index in [2.05, 4.69) is 21.1 Å². The average Bonchev–Trinajstić information content (AvgIpc) is 2.68. The van der Waals surface area contributed by atoms with E-state index in [0.29, 0.717) is 17.8 Å². The Balaban J connectivity index is 1.47. The zero-order valence-electron chi connectivity index (χ0n) is 14.4. The normalized spacial score (nSPS) is 19.4. The monoisotopic (exact) mass is 343 g/mol. The molecule has 0 bridgehead atoms. The molecule has 0 aromatic carbocycles. The number of terminal acetylenes is 1. The lowest BCUT2D eigenvalue weighted by atomic mass is 10.1. The molecule has 0 aliphatic carbocycles. The molecule has 0 saturated carbocycles. The molecule has 1 N–H and O–H groups in total. The van der Waals surface area contributed by atoms with Crippen molar-refractivity contribution in [2.24, 2.45) is 0 Å². The summed E-state index contributed by atoms with van der Waals surface area (Å²) in [4.78, 5) is 18.5. The third kappa shape index (κ3) is 4.94. The lowest BCUT2D eigenvalue weighted by Gasteiger charge is -2.35. The largest absolute Gasteiger partial charge is 0.381 e. The summed E-state index contributed by atoms with van der Waals surface area (Å²) < 4.78 is 11.6. The van der Waals surface area contributed by atoms with E-state index < -0.39 is 0 Å². The van der Waals surface area contributed by atoms with Crippen molar-refractivity contribution in [3.8, 4) is 12.3 Å². The summed E-state index contributed by atoms with van der Waals surface area (Å²) in [5.41, 5.74) is 0.525. The van der Waals surface area contributed by atoms with Gasteiger partial charge in [-0.3, -0.25) is 4.79 Å². The Morgan fingerprint density at radius 2 is 2.00 bits per heavy atom. The van der Waals surface area contributed by atoms with Gasteiger partial charge in [0.25, 0.3) is 5.91 Å². The summed E-state index contributed by atoms with van der Waals surface area (Å²) in [6.07, 6.45) is 11.4. The van der Waals surface area contributed by atoms with Gasteiger partial charge < -0.3 is 19.7 Å². The molecule has 6 heteroatoms. The van der Waals surface area contributed by atoms with Crippen molar-refractivity contribution in [1.82, 2.24) is 10.3 Å². The van der Waals surface area contributed by atoms with Crippen molar-refractivity contribution in [2.45, 2.75) is 37.9 Å². The Labute approximate surface area is 148 Å². The van der Waals surface area contributed by atoms with Crippen LogP contribution in [0.2, 0.25) is 0 Å². The molecule has 1 amide bonds. The summed E-state index contributed by atoms with van der Waals surface area (Å²) in [7, 11) is 0. The Morgan fingerprint density at radius 1 is 1.28 bits per heavy atom. The lowest BCUT2D eigenvalue weighted by Crippen LogP contribution is -2.39. The minimum Gasteiger partial charge on any atom is -0.381 e. The molecule has 0 spiro atoms. The van der Waals surface area contributed by atoms with Gasteiger partial charge in [0.15, 0.2) is 0 Å². The molecular formula is C19H25N3O3. The third-order valence-corrected chi connectivity index (χ3v) is 4.68. The van der Waals surface area contributed by atoms with Crippen LogP contribution in [0.4, 0.5) is 5.82 Å². The first-order valence-electron chi connectivity index (χ1n) is 8.92. The standard InChI is InChI=1S/C19H25N3O3/c1-2-9-20-19(23)15-3-4-18(21-14-15)22-10-5-16(6-11-22)25-17-7-12-24-13-8-17/h1,3-4,14,16-17H,5-13H2,(H,20,23). The van der Waals surface area contributed by atoms with Crippen LogP contribution >= 0.6 is 0 Å². The van der Waals surface area contributed by atoms with E-state index in [4.69, 9.17) is 15.9 Å². The maximum atomic E-state index is 11.8. The molecule has 0 radical (unpaired) electrons. The highest BCUT2D eigenvalue weighted by atomic mass is 16.5. The fourth-order valence-electron chi connectivity index (χ4n) is 3.25. The molecule has 1 aromatic rings. The van der Waals surface area contributed by atoms with Crippen LogP contribution in [0.25, 0.3) is 0 Å². The smallest absolute Gasteiger partial charge is 0.253 e. The van der Waals surface area contributed by atoms with E-state index in [1.807, 2.05) is 6.07 Å². The van der Waals surface area contributed by atoms with Gasteiger partial charge in [0, 0.05) is 32.5 Å². The first kappa shape index (κ1) is 17.7. The molecule has 134 valence electrons. The predicted molar refractivity (Wildman–Crippen MR) is 95.6 cm³/mol. The van der Waals surface area contributed by atoms with Crippen molar-refractivity contribution < 1.29 is 14.3 Å². The number of piperidine rings is 1. The molecule has 0 unspecified atom stereocenters. The molecule has 0 atom stereocenters. The van der Waals surface area contributed by atoms with E-state index in [1.54, 1.807) is 12.3 Å². The molecule has 1 aromatic heterocycles. The Bertz CT molecular complexity index is 597. The molecular weight excluding hydrogens is 318 g/mol. The number of carbonyl (C=O) groups is 1. The number of pyridine rings is 1. The Kier molecular flexibility index (Phi) is 6.26. The Morgan fingerprint density at radius 3 is 2.64 bits per heavy atom. The second-order valence-corrected chi connectivity index (χ2v) is 6.43. The van der Waals surface area contributed by atoms with Gasteiger partial charge in [-0.1, -0.05) is 5.92 Å². The second-order valence-electron chi connectivity index (χ2n) is 6.43. The van der Waals surface area contributed by atoms with Gasteiger partial charge >= 0.3 is 0 Å². The van der Waals surface area contributed by atoms with Crippen LogP contribution in [0.15, 0.2) is 18.3 Å². The SMILES string of the molecule is C#CCNC(=O)c1ccc(N2CCC(OC3CCOCC3)CC2)nc1. The molecule has 25 heavy (non-hydrogen) atoms. The van der Waals surface area contributed by atoms with Gasteiger partial charge in [-0.2, -0.15) is 0 Å². The number of amides is 1. The van der Waals surface area contributed by atoms with E-state index in [0.717, 1.165) is 57.8 Å². The number of carbonyl (C=O) groups excluding carboxylic acids is 1. The number of hydrogen-bond acceptors (Lipinski definition) is 5. The van der Waals surface area contributed by atoms with Gasteiger partial charge in [-0.25, -0.2) is 4.98 Å². The van der Waals surface area contributed by atoms with Gasteiger partial charge in [0.1, 0.15) is 5.82 Å². The molecule has 2 aliphatic heterocycles. The summed E-state index contributed by atoms with van der Waals surface area (Å²) >= 11 is 0. The number of anilines is 1. The topological polar surface area (TPSA) is 63.7 Å². The van der Waals surface area contributed by atoms with E-state index in [9.17, 15) is 4.79 Å². The predicted octanol–water partition coefficient (Wildman–Crippen LogP) is 1.61. The summed E-state index contributed by atoms with van der Waals surface area (Å²) in [5.74, 6) is 3.09. The van der Waals surface area contributed by atoms with Crippen LogP contribution in [-0.2, 0) is 9.47 Å². The van der Waals surface area contributed by atoms with Gasteiger partial charge in [-0.05, 0) is 37.8 Å². The van der Waals surface area contributed by atoms with E-state index >= 15 is 0 Å². The minimum atomic E-state index is -0.194. The first-order valence-corrected chi connectivity index (χ1v) is 8.92. The van der Waals surface area contributed by atoms with Crippen LogP contribution in [0.1, 0.15) is 36.0 Å². The van der Waals surface area contributed by atoms with Crippen molar-refractivity contribution >= 4 is 11.7 Å². The number of rotatable bonds is 5. The molecule has 2 fully saturated rings. The van der Waals surface area contributed by atoms with Crippen molar-refractivity contribution in [2.75, 3.05) is 37.7 Å². The highest BCUT2D eigenvalue weighted by Gasteiger charge is 2.24. The minimum absolute atomic E-state index is 0.194. The second kappa shape index (κ2) is 8.84. The fourth-order valence-corrected chi connectivity index (χ4v) is 3.25. The summed E-state index contributed by atoms with van der Waals surface area (Å²) in [6.45, 7) is 3.69. The van der Waals surface area contributed by atoms with Crippen molar-refractivity contribution in [1.29, 1.82) is 0 Å². The first-order chi connectivity index (χ1) is 12.3. The maximum absolute atomic E-state index is 11.8. The highest BCUT2D eigenvalue weighted by Crippen LogP contribution is 2.23. The van der Waals surface area contributed by atoms with Gasteiger partial charge in [-0.15, -0.1) is 6.42 Å². The number of nitrogens with one attached hydrogen (secondary N) is 1. The van der Waals surface area contributed by atoms with E-state index in [1.165, 1.54) is 0 Å². The third-order valence-electron chi connectivity index (χ3n) is 4.68. The highest BCUT2D eigenvalue weighted by molar-refractivity contribution is 5.94. The lowest BCUT2D eigenvalue weighted by molar-refractivity contribution is -0.0743. The zero-order chi connectivity index (χ0) is 17.5. The maximum Gasteiger partial charge on any atom is 0.253 e. The average molecular weight is 343 g/mol. The summed E-state index contributed by atoms with van der Waals surface area (Å²) in [6, 6.07) is 3.68.